The van der Waals surface area contributed by atoms with Crippen molar-refractivity contribution in [2.45, 2.75) is 46.2 Å². The number of halogens is 3. The minimum Gasteiger partial charge on any atom is -0.430 e. The predicted molar refractivity (Wildman–Crippen MR) is 104 cm³/mol. The van der Waals surface area contributed by atoms with E-state index >= 15 is 0 Å². The SMILES string of the molecule is CCN(C)C=Nc1cc(C(F)(F)F)c(Oc2nc(C(C)(C)C)cs2)cc1C. The van der Waals surface area contributed by atoms with Crippen molar-refractivity contribution in [3.05, 3.63) is 34.3 Å². The normalized spacial score (nSPS) is 12.6. The Morgan fingerprint density at radius 1 is 1.26 bits per heavy atom. The van der Waals surface area contributed by atoms with Gasteiger partial charge in [0, 0.05) is 24.4 Å². The summed E-state index contributed by atoms with van der Waals surface area (Å²) in [6, 6.07) is 2.38. The van der Waals surface area contributed by atoms with Crippen molar-refractivity contribution in [2.75, 3.05) is 13.6 Å². The summed E-state index contributed by atoms with van der Waals surface area (Å²) in [6.45, 7) is 10.3. The lowest BCUT2D eigenvalue weighted by Crippen LogP contribution is -2.14. The van der Waals surface area contributed by atoms with Gasteiger partial charge in [0.05, 0.1) is 17.7 Å². The third-order valence-corrected chi connectivity index (χ3v) is 4.66. The fourth-order valence-corrected chi connectivity index (χ4v) is 3.01. The van der Waals surface area contributed by atoms with Crippen molar-refractivity contribution in [3.8, 4) is 10.9 Å². The van der Waals surface area contributed by atoms with Gasteiger partial charge in [-0.15, -0.1) is 0 Å². The second-order valence-corrected chi connectivity index (χ2v) is 8.12. The van der Waals surface area contributed by atoms with E-state index in [4.69, 9.17) is 4.74 Å². The number of aryl methyl sites for hydroxylation is 1. The Morgan fingerprint density at radius 2 is 1.93 bits per heavy atom. The molecule has 0 aliphatic rings. The van der Waals surface area contributed by atoms with E-state index in [1.165, 1.54) is 23.7 Å². The molecule has 0 spiro atoms. The Hall–Kier alpha value is -2.09. The lowest BCUT2D eigenvalue weighted by Gasteiger charge is -2.16. The maximum absolute atomic E-state index is 13.6. The monoisotopic (exact) mass is 399 g/mol. The van der Waals surface area contributed by atoms with Crippen LogP contribution >= 0.6 is 11.3 Å². The molecular weight excluding hydrogens is 375 g/mol. The largest absolute Gasteiger partial charge is 0.430 e. The summed E-state index contributed by atoms with van der Waals surface area (Å²) in [7, 11) is 1.80. The molecule has 0 saturated carbocycles. The lowest BCUT2D eigenvalue weighted by atomic mass is 9.93. The zero-order chi connectivity index (χ0) is 20.4. The van der Waals surface area contributed by atoms with Gasteiger partial charge in [-0.1, -0.05) is 32.1 Å². The molecular formula is C19H24F3N3OS. The molecule has 0 aliphatic carbocycles. The van der Waals surface area contributed by atoms with Crippen LogP contribution in [0.4, 0.5) is 18.9 Å². The van der Waals surface area contributed by atoms with E-state index in [2.05, 4.69) is 9.98 Å². The number of nitrogens with zero attached hydrogens (tertiary/aromatic N) is 3. The summed E-state index contributed by atoms with van der Waals surface area (Å²) in [4.78, 5) is 10.3. The highest BCUT2D eigenvalue weighted by Gasteiger charge is 2.36. The molecule has 0 N–H and O–H groups in total. The van der Waals surface area contributed by atoms with Crippen LogP contribution in [0.2, 0.25) is 0 Å². The Labute approximate surface area is 161 Å². The summed E-state index contributed by atoms with van der Waals surface area (Å²) < 4.78 is 46.2. The number of rotatable bonds is 5. The Balaban J connectivity index is 2.42. The zero-order valence-corrected chi connectivity index (χ0v) is 17.1. The summed E-state index contributed by atoms with van der Waals surface area (Å²) in [5.41, 5.74) is 0.546. The third-order valence-electron chi connectivity index (χ3n) is 3.95. The first kappa shape index (κ1) is 21.2. The topological polar surface area (TPSA) is 37.7 Å². The molecule has 2 aromatic rings. The fourth-order valence-electron chi connectivity index (χ4n) is 2.10. The summed E-state index contributed by atoms with van der Waals surface area (Å²) in [5, 5.41) is 1.99. The molecule has 2 rings (SSSR count). The molecule has 0 radical (unpaired) electrons. The number of aromatic nitrogens is 1. The molecule has 0 saturated heterocycles. The van der Waals surface area contributed by atoms with Crippen molar-refractivity contribution in [1.82, 2.24) is 9.88 Å². The van der Waals surface area contributed by atoms with Crippen LogP contribution in [-0.4, -0.2) is 29.8 Å². The molecule has 27 heavy (non-hydrogen) atoms. The van der Waals surface area contributed by atoms with Crippen LogP contribution in [0, 0.1) is 6.92 Å². The first-order valence-corrected chi connectivity index (χ1v) is 9.40. The van der Waals surface area contributed by atoms with Crippen LogP contribution in [0.15, 0.2) is 22.5 Å². The second kappa shape index (κ2) is 7.88. The van der Waals surface area contributed by atoms with Crippen molar-refractivity contribution < 1.29 is 17.9 Å². The van der Waals surface area contributed by atoms with E-state index < -0.39 is 11.7 Å². The summed E-state index contributed by atoms with van der Waals surface area (Å²) >= 11 is 1.18. The van der Waals surface area contributed by atoms with Gasteiger partial charge in [0.1, 0.15) is 11.3 Å². The standard InChI is InChI=1S/C19H24F3N3OS/c1-7-25(6)11-23-14-9-13(19(20,21)22)15(8-12(14)2)26-17-24-16(10-27-17)18(3,4)5/h8-11H,7H2,1-6H3. The smallest absolute Gasteiger partial charge is 0.420 e. The molecule has 1 heterocycles. The van der Waals surface area contributed by atoms with Crippen molar-refractivity contribution in [2.24, 2.45) is 4.99 Å². The van der Waals surface area contributed by atoms with Gasteiger partial charge in [0.15, 0.2) is 0 Å². The van der Waals surface area contributed by atoms with Gasteiger partial charge in [-0.2, -0.15) is 13.2 Å². The molecule has 4 nitrogen and oxygen atoms in total. The van der Waals surface area contributed by atoms with Gasteiger partial charge in [0.2, 0.25) is 0 Å². The second-order valence-electron chi connectivity index (χ2n) is 7.30. The van der Waals surface area contributed by atoms with Crippen LogP contribution in [0.25, 0.3) is 0 Å². The van der Waals surface area contributed by atoms with Gasteiger partial charge < -0.3 is 9.64 Å². The number of benzene rings is 1. The quantitative estimate of drug-likeness (QED) is 0.446. The number of hydrogen-bond acceptors (Lipinski definition) is 4. The van der Waals surface area contributed by atoms with Gasteiger partial charge in [-0.3, -0.25) is 0 Å². The number of ether oxygens (including phenoxy) is 1. The molecule has 8 heteroatoms. The molecule has 0 atom stereocenters. The van der Waals surface area contributed by atoms with Gasteiger partial charge >= 0.3 is 6.18 Å². The van der Waals surface area contributed by atoms with E-state index in [1.54, 1.807) is 24.3 Å². The van der Waals surface area contributed by atoms with Crippen LogP contribution < -0.4 is 4.74 Å². The molecule has 0 fully saturated rings. The van der Waals surface area contributed by atoms with Crippen molar-refractivity contribution >= 4 is 23.4 Å². The van der Waals surface area contributed by atoms with Crippen LogP contribution in [0.3, 0.4) is 0 Å². The number of alkyl halides is 3. The molecule has 0 unspecified atom stereocenters. The first-order valence-electron chi connectivity index (χ1n) is 8.52. The van der Waals surface area contributed by atoms with Crippen LogP contribution in [0.5, 0.6) is 10.9 Å². The maximum atomic E-state index is 13.6. The summed E-state index contributed by atoms with van der Waals surface area (Å²) in [5.74, 6) is -0.266. The molecule has 0 aliphatic heterocycles. The van der Waals surface area contributed by atoms with E-state index in [9.17, 15) is 13.2 Å². The van der Waals surface area contributed by atoms with Gasteiger partial charge in [0.25, 0.3) is 5.19 Å². The van der Waals surface area contributed by atoms with Gasteiger partial charge in [-0.25, -0.2) is 9.98 Å². The highest BCUT2D eigenvalue weighted by molar-refractivity contribution is 7.11. The zero-order valence-electron chi connectivity index (χ0n) is 16.3. The highest BCUT2D eigenvalue weighted by Crippen LogP contribution is 2.42. The minimum absolute atomic E-state index is 0.187. The first-order chi connectivity index (χ1) is 12.4. The predicted octanol–water partition coefficient (Wildman–Crippen LogP) is 6.17. The highest BCUT2D eigenvalue weighted by atomic mass is 32.1. The minimum atomic E-state index is -4.56. The third kappa shape index (κ3) is 5.45. The molecule has 0 amide bonds. The van der Waals surface area contributed by atoms with E-state index in [0.29, 0.717) is 12.1 Å². The van der Waals surface area contributed by atoms with Gasteiger partial charge in [-0.05, 0) is 31.5 Å². The van der Waals surface area contributed by atoms with E-state index in [1.807, 2.05) is 27.7 Å². The van der Waals surface area contributed by atoms with Crippen molar-refractivity contribution in [3.63, 3.8) is 0 Å². The number of aliphatic imine (C=N–C) groups is 1. The van der Waals surface area contributed by atoms with Crippen LogP contribution in [-0.2, 0) is 11.6 Å². The maximum Gasteiger partial charge on any atom is 0.420 e. The summed E-state index contributed by atoms with van der Waals surface area (Å²) in [6.07, 6.45) is -3.05. The fraction of sp³-hybridized carbons (Fsp3) is 0.474. The number of hydrogen-bond donors (Lipinski definition) is 0. The molecule has 1 aromatic heterocycles. The Bertz CT molecular complexity index is 823. The van der Waals surface area contributed by atoms with E-state index in [-0.39, 0.29) is 22.0 Å². The van der Waals surface area contributed by atoms with Crippen molar-refractivity contribution in [1.29, 1.82) is 0 Å². The average Bonchev–Trinajstić information content (AvgIpc) is 3.01. The number of thiazole rings is 1. The van der Waals surface area contributed by atoms with Crippen LogP contribution in [0.1, 0.15) is 44.5 Å². The molecule has 148 valence electrons. The molecule has 1 aromatic carbocycles. The Morgan fingerprint density at radius 3 is 2.44 bits per heavy atom. The van der Waals surface area contributed by atoms with E-state index in [0.717, 1.165) is 11.8 Å². The molecule has 0 bridgehead atoms. The average molecular weight is 399 g/mol. The lowest BCUT2D eigenvalue weighted by molar-refractivity contribution is -0.138. The Kier molecular flexibility index (Phi) is 6.19.